The van der Waals surface area contributed by atoms with Crippen molar-refractivity contribution in [3.8, 4) is 11.4 Å². The zero-order chi connectivity index (χ0) is 24.0. The van der Waals surface area contributed by atoms with Crippen molar-refractivity contribution >= 4 is 20.2 Å². The fourth-order valence-electron chi connectivity index (χ4n) is 1.24. The first-order chi connectivity index (χ1) is 13.3. The van der Waals surface area contributed by atoms with Gasteiger partial charge in [0.05, 0.1) is 8.96 Å². The van der Waals surface area contributed by atoms with Crippen LogP contribution in [0.3, 0.4) is 0 Å². The van der Waals surface area contributed by atoms with E-state index in [1.807, 2.05) is 0 Å². The maximum atomic E-state index is 13.2. The second-order valence-corrected chi connectivity index (χ2v) is 7.34. The van der Waals surface area contributed by atoms with E-state index in [9.17, 15) is 35.3 Å². The highest BCUT2D eigenvalue weighted by Gasteiger charge is 2.37. The summed E-state index contributed by atoms with van der Waals surface area (Å²) < 4.78 is 144. The molecule has 0 radical (unpaired) electrons. The summed E-state index contributed by atoms with van der Waals surface area (Å²) in [6.45, 7) is 0. The molecule has 0 aliphatic heterocycles. The normalized spacial score (nSPS) is 12.2. The Bertz CT molecular complexity index is 969. The summed E-state index contributed by atoms with van der Waals surface area (Å²) in [5, 5.41) is 0. The Morgan fingerprint density at radius 1 is 0.633 bits per heavy atom. The number of aromatic nitrogens is 2. The Kier molecular flexibility index (Phi) is 9.23. The van der Waals surface area contributed by atoms with Crippen LogP contribution in [-0.2, 0) is 20.2 Å². The SMILES string of the molecule is F[n+]1ccccc1-c1cccc[n+]1F.O=S(=O)([O-])C(F)(F)F.O=S(=O)([O-])C(F)(F)F. The molecule has 2 heterocycles. The minimum absolute atomic E-state index is 0.176. The van der Waals surface area contributed by atoms with Crippen LogP contribution in [0.15, 0.2) is 48.8 Å². The average molecular weight is 492 g/mol. The lowest BCUT2D eigenvalue weighted by molar-refractivity contribution is -0.859. The maximum absolute atomic E-state index is 13.2. The Morgan fingerprint density at radius 2 is 0.867 bits per heavy atom. The predicted octanol–water partition coefficient (Wildman–Crippen LogP) is 1.50. The van der Waals surface area contributed by atoms with Crippen molar-refractivity contribution in [2.45, 2.75) is 11.0 Å². The van der Waals surface area contributed by atoms with Crippen LogP contribution < -0.4 is 9.58 Å². The number of rotatable bonds is 1. The highest BCUT2D eigenvalue weighted by molar-refractivity contribution is 7.86. The van der Waals surface area contributed by atoms with E-state index >= 15 is 0 Å². The molecule has 0 aliphatic carbocycles. The van der Waals surface area contributed by atoms with Gasteiger partial charge in [-0.3, -0.25) is 0 Å². The van der Waals surface area contributed by atoms with Gasteiger partial charge in [-0.1, -0.05) is 0 Å². The molecular formula is C12H8F8N2O6S2. The van der Waals surface area contributed by atoms with Gasteiger partial charge in [-0.2, -0.15) is 26.3 Å². The third-order valence-corrected chi connectivity index (χ3v) is 3.59. The summed E-state index contributed by atoms with van der Waals surface area (Å²) >= 11 is 0. The maximum Gasteiger partial charge on any atom is 0.485 e. The molecule has 0 aromatic carbocycles. The summed E-state index contributed by atoms with van der Waals surface area (Å²) in [6, 6.07) is 9.39. The number of alkyl halides is 6. The van der Waals surface area contributed by atoms with E-state index in [-0.39, 0.29) is 11.4 Å². The van der Waals surface area contributed by atoms with Gasteiger partial charge in [-0.25, -0.2) is 16.8 Å². The summed E-state index contributed by atoms with van der Waals surface area (Å²) in [7, 11) is -12.2. The first-order valence-electron chi connectivity index (χ1n) is 6.67. The molecule has 0 fully saturated rings. The van der Waals surface area contributed by atoms with Crippen molar-refractivity contribution in [1.82, 2.24) is 0 Å². The van der Waals surface area contributed by atoms with Crippen molar-refractivity contribution < 1.29 is 70.8 Å². The van der Waals surface area contributed by atoms with E-state index in [2.05, 4.69) is 0 Å². The molecule has 0 N–H and O–H groups in total. The molecule has 8 nitrogen and oxygen atoms in total. The third-order valence-electron chi connectivity index (χ3n) is 2.45. The van der Waals surface area contributed by atoms with Crippen LogP contribution in [0.5, 0.6) is 0 Å². The zero-order valence-electron chi connectivity index (χ0n) is 13.8. The Hall–Kier alpha value is -2.44. The fraction of sp³-hybridized carbons (Fsp3) is 0.167. The highest BCUT2D eigenvalue weighted by Crippen LogP contribution is 2.21. The topological polar surface area (TPSA) is 122 Å². The van der Waals surface area contributed by atoms with E-state index in [1.54, 1.807) is 12.1 Å². The van der Waals surface area contributed by atoms with Crippen LogP contribution in [0.2, 0.25) is 0 Å². The lowest BCUT2D eigenvalue weighted by atomic mass is 10.2. The lowest BCUT2D eigenvalue weighted by Crippen LogP contribution is -2.32. The van der Waals surface area contributed by atoms with Crippen LogP contribution in [-0.4, -0.2) is 37.0 Å². The monoisotopic (exact) mass is 492 g/mol. The molecule has 2 aromatic rings. The molecule has 2 rings (SSSR count). The summed E-state index contributed by atoms with van der Waals surface area (Å²) in [6.07, 6.45) is 2.45. The van der Waals surface area contributed by atoms with E-state index in [4.69, 9.17) is 25.9 Å². The number of hydrogen-bond acceptors (Lipinski definition) is 6. The molecular weight excluding hydrogens is 484 g/mol. The van der Waals surface area contributed by atoms with Gasteiger partial charge in [0.15, 0.2) is 20.2 Å². The Balaban J connectivity index is 0.000000456. The van der Waals surface area contributed by atoms with E-state index in [0.29, 0.717) is 9.58 Å². The molecule has 0 spiro atoms. The second kappa shape index (κ2) is 10.0. The number of pyridine rings is 2. The molecule has 170 valence electrons. The molecule has 18 heteroatoms. The number of hydrogen-bond donors (Lipinski definition) is 0. The van der Waals surface area contributed by atoms with Gasteiger partial charge in [-0.05, 0) is 12.1 Å². The molecule has 0 atom stereocenters. The van der Waals surface area contributed by atoms with Crippen molar-refractivity contribution in [1.29, 1.82) is 0 Å². The summed E-state index contributed by atoms with van der Waals surface area (Å²) in [4.78, 5) is 0.761. The largest absolute Gasteiger partial charge is 0.741 e. The molecule has 0 saturated carbocycles. The van der Waals surface area contributed by atoms with Gasteiger partial charge >= 0.3 is 22.4 Å². The van der Waals surface area contributed by atoms with E-state index < -0.39 is 31.3 Å². The average Bonchev–Trinajstić information content (AvgIpc) is 2.53. The van der Waals surface area contributed by atoms with Crippen molar-refractivity contribution in [3.05, 3.63) is 48.8 Å². The highest BCUT2D eigenvalue weighted by atomic mass is 32.2. The summed E-state index contributed by atoms with van der Waals surface area (Å²) in [5.74, 6) is 0. The Morgan fingerprint density at radius 3 is 1.03 bits per heavy atom. The van der Waals surface area contributed by atoms with Crippen LogP contribution in [0.4, 0.5) is 35.3 Å². The van der Waals surface area contributed by atoms with Gasteiger partial charge < -0.3 is 9.11 Å². The van der Waals surface area contributed by atoms with Gasteiger partial charge in [0.25, 0.3) is 0 Å². The standard InChI is InChI=1S/C10H8F2N2.2CHF3O3S/c11-13-7-3-1-5-9(13)10-6-2-4-8-14(10)12;2*2-1(3,4)8(5,6)7/h1-8H;2*(H,5,6,7)/q+2;;/p-2. The molecule has 0 saturated heterocycles. The summed E-state index contributed by atoms with van der Waals surface area (Å²) in [5.41, 5.74) is -10.9. The van der Waals surface area contributed by atoms with Crippen molar-refractivity contribution in [2.75, 3.05) is 0 Å². The lowest BCUT2D eigenvalue weighted by Gasteiger charge is -2.08. The van der Waals surface area contributed by atoms with Crippen LogP contribution in [0.25, 0.3) is 11.4 Å². The van der Waals surface area contributed by atoms with Crippen molar-refractivity contribution in [2.24, 2.45) is 0 Å². The zero-order valence-corrected chi connectivity index (χ0v) is 15.4. The van der Waals surface area contributed by atoms with Gasteiger partial charge in [-0.15, -0.1) is 0 Å². The van der Waals surface area contributed by atoms with Crippen LogP contribution >= 0.6 is 0 Å². The van der Waals surface area contributed by atoms with Crippen LogP contribution in [0.1, 0.15) is 0 Å². The second-order valence-electron chi connectivity index (χ2n) is 4.59. The molecule has 0 bridgehead atoms. The van der Waals surface area contributed by atoms with Gasteiger partial charge in [0.1, 0.15) is 0 Å². The molecule has 30 heavy (non-hydrogen) atoms. The number of halogens is 8. The molecule has 2 aromatic heterocycles. The minimum Gasteiger partial charge on any atom is -0.741 e. The first kappa shape index (κ1) is 27.6. The van der Waals surface area contributed by atoms with E-state index in [0.717, 1.165) is 0 Å². The molecule has 0 aliphatic rings. The van der Waals surface area contributed by atoms with Gasteiger partial charge in [0.2, 0.25) is 12.4 Å². The Labute approximate surface area is 163 Å². The minimum atomic E-state index is -6.09. The number of nitrogens with zero attached hydrogens (tertiary/aromatic N) is 2. The smallest absolute Gasteiger partial charge is 0.485 e. The first-order valence-corrected chi connectivity index (χ1v) is 9.49. The van der Waals surface area contributed by atoms with E-state index in [1.165, 1.54) is 36.7 Å². The van der Waals surface area contributed by atoms with Crippen molar-refractivity contribution in [3.63, 3.8) is 0 Å². The molecule has 0 amide bonds. The quantitative estimate of drug-likeness (QED) is 0.338. The van der Waals surface area contributed by atoms with Gasteiger partial charge in [0, 0.05) is 33.8 Å². The van der Waals surface area contributed by atoms with Crippen LogP contribution in [0, 0.1) is 0 Å². The fourth-order valence-corrected chi connectivity index (χ4v) is 1.24. The third kappa shape index (κ3) is 8.93. The predicted molar refractivity (Wildman–Crippen MR) is 76.8 cm³/mol. The molecule has 0 unspecified atom stereocenters.